The third kappa shape index (κ3) is 1.79. The van der Waals surface area contributed by atoms with Gasteiger partial charge in [0.05, 0.1) is 23.6 Å². The molecule has 3 heterocycles. The minimum absolute atomic E-state index is 0.102. The van der Waals surface area contributed by atoms with E-state index in [4.69, 9.17) is 12.2 Å². The van der Waals surface area contributed by atoms with Crippen molar-refractivity contribution in [2.75, 3.05) is 16.4 Å². The van der Waals surface area contributed by atoms with Crippen molar-refractivity contribution in [3.05, 3.63) is 24.4 Å². The van der Waals surface area contributed by atoms with Crippen LogP contribution >= 0.6 is 12.2 Å². The number of rotatable bonds is 1. The Hall–Kier alpha value is -1.21. The number of nitrogens with zero attached hydrogens (tertiary/aromatic N) is 2. The summed E-state index contributed by atoms with van der Waals surface area (Å²) in [6.45, 7) is 0. The van der Waals surface area contributed by atoms with E-state index in [1.807, 2.05) is 23.1 Å². The zero-order valence-electron chi connectivity index (χ0n) is 8.91. The Bertz CT molecular complexity index is 558. The lowest BCUT2D eigenvalue weighted by molar-refractivity contribution is 0.600. The second kappa shape index (κ2) is 3.64. The highest BCUT2D eigenvalue weighted by Gasteiger charge is 2.47. The molecule has 2 aliphatic rings. The van der Waals surface area contributed by atoms with Crippen molar-refractivity contribution in [1.82, 2.24) is 10.3 Å². The molecule has 1 aromatic heterocycles. The van der Waals surface area contributed by atoms with Gasteiger partial charge in [0.2, 0.25) is 0 Å². The molecule has 2 aliphatic heterocycles. The SMILES string of the molecule is O=S1(=O)C[C@@H]2[C@@H](C1)NC(=S)N2c1ccccn1. The summed E-state index contributed by atoms with van der Waals surface area (Å²) in [6, 6.07) is 5.29. The number of sulfone groups is 1. The largest absolute Gasteiger partial charge is 0.356 e. The van der Waals surface area contributed by atoms with Gasteiger partial charge in [-0.05, 0) is 24.4 Å². The first-order chi connectivity index (χ1) is 8.07. The maximum atomic E-state index is 11.6. The van der Waals surface area contributed by atoms with Gasteiger partial charge >= 0.3 is 0 Å². The van der Waals surface area contributed by atoms with Gasteiger partial charge in [0.15, 0.2) is 14.9 Å². The zero-order valence-corrected chi connectivity index (χ0v) is 10.5. The third-order valence-corrected chi connectivity index (χ3v) is 5.11. The molecule has 17 heavy (non-hydrogen) atoms. The lowest BCUT2D eigenvalue weighted by atomic mass is 10.2. The minimum atomic E-state index is -2.96. The molecule has 0 radical (unpaired) electrons. The summed E-state index contributed by atoms with van der Waals surface area (Å²) in [5.74, 6) is 0.998. The lowest BCUT2D eigenvalue weighted by Gasteiger charge is -2.21. The molecule has 5 nitrogen and oxygen atoms in total. The molecular formula is C10H11N3O2S2. The van der Waals surface area contributed by atoms with E-state index in [9.17, 15) is 8.42 Å². The third-order valence-electron chi connectivity index (χ3n) is 3.08. The highest BCUT2D eigenvalue weighted by molar-refractivity contribution is 7.91. The number of thiocarbonyl (C=S) groups is 1. The van der Waals surface area contributed by atoms with Crippen LogP contribution in [0.5, 0.6) is 0 Å². The van der Waals surface area contributed by atoms with Gasteiger partial charge in [0.1, 0.15) is 5.82 Å². The summed E-state index contributed by atoms with van der Waals surface area (Å²) >= 11 is 5.23. The first-order valence-corrected chi connectivity index (χ1v) is 7.51. The van der Waals surface area contributed by atoms with E-state index in [-0.39, 0.29) is 23.6 Å². The number of hydrogen-bond acceptors (Lipinski definition) is 4. The van der Waals surface area contributed by atoms with Crippen LogP contribution in [0.25, 0.3) is 0 Å². The van der Waals surface area contributed by atoms with Crippen molar-refractivity contribution in [3.8, 4) is 0 Å². The van der Waals surface area contributed by atoms with Crippen molar-refractivity contribution >= 4 is 33.0 Å². The van der Waals surface area contributed by atoms with E-state index < -0.39 is 9.84 Å². The van der Waals surface area contributed by atoms with Gasteiger partial charge in [0.25, 0.3) is 0 Å². The molecule has 0 spiro atoms. The molecule has 1 aromatic rings. The monoisotopic (exact) mass is 269 g/mol. The van der Waals surface area contributed by atoms with Crippen LogP contribution in [-0.2, 0) is 9.84 Å². The molecule has 0 unspecified atom stereocenters. The molecule has 2 saturated heterocycles. The normalized spacial score (nSPS) is 30.1. The summed E-state index contributed by atoms with van der Waals surface area (Å²) in [6.07, 6.45) is 1.68. The first kappa shape index (κ1) is 10.9. The van der Waals surface area contributed by atoms with Gasteiger partial charge in [-0.15, -0.1) is 0 Å². The van der Waals surface area contributed by atoms with Crippen molar-refractivity contribution in [3.63, 3.8) is 0 Å². The second-order valence-corrected chi connectivity index (χ2v) is 6.80. The maximum absolute atomic E-state index is 11.6. The van der Waals surface area contributed by atoms with Gasteiger partial charge in [-0.25, -0.2) is 13.4 Å². The number of pyridine rings is 1. The molecule has 7 heteroatoms. The zero-order chi connectivity index (χ0) is 12.0. The fourth-order valence-corrected chi connectivity index (χ4v) is 4.64. The maximum Gasteiger partial charge on any atom is 0.175 e. The Morgan fingerprint density at radius 3 is 2.94 bits per heavy atom. The Morgan fingerprint density at radius 1 is 1.41 bits per heavy atom. The van der Waals surface area contributed by atoms with Crippen LogP contribution in [0.1, 0.15) is 0 Å². The number of fused-ring (bicyclic) bond motifs is 1. The van der Waals surface area contributed by atoms with Gasteiger partial charge in [-0.2, -0.15) is 0 Å². The van der Waals surface area contributed by atoms with Gasteiger partial charge in [-0.3, -0.25) is 4.90 Å². The predicted octanol–water partition coefficient (Wildman–Crippen LogP) is -0.0583. The van der Waals surface area contributed by atoms with Crippen molar-refractivity contribution in [1.29, 1.82) is 0 Å². The van der Waals surface area contributed by atoms with E-state index >= 15 is 0 Å². The Balaban J connectivity index is 1.98. The number of aromatic nitrogens is 1. The number of nitrogens with one attached hydrogen (secondary N) is 1. The van der Waals surface area contributed by atoms with E-state index in [1.165, 1.54) is 0 Å². The van der Waals surface area contributed by atoms with Crippen LogP contribution in [-0.4, -0.2) is 42.1 Å². The van der Waals surface area contributed by atoms with Crippen molar-refractivity contribution in [2.24, 2.45) is 0 Å². The Kier molecular flexibility index (Phi) is 2.34. The molecule has 0 aliphatic carbocycles. The standard InChI is InChI=1S/C10H11N3O2S2/c14-17(15)5-7-8(6-17)13(10(16)12-7)9-3-1-2-4-11-9/h1-4,7-8H,5-6H2,(H,12,16)/t7-,8-/m1/s1. The van der Waals surface area contributed by atoms with Crippen LogP contribution in [0.3, 0.4) is 0 Å². The van der Waals surface area contributed by atoms with Crippen LogP contribution in [0.15, 0.2) is 24.4 Å². The van der Waals surface area contributed by atoms with E-state index in [2.05, 4.69) is 10.3 Å². The summed E-state index contributed by atoms with van der Waals surface area (Å²) in [7, 11) is -2.96. The fourth-order valence-electron chi connectivity index (χ4n) is 2.37. The molecule has 0 amide bonds. The van der Waals surface area contributed by atoms with E-state index in [1.54, 1.807) is 6.20 Å². The Morgan fingerprint density at radius 2 is 2.24 bits per heavy atom. The molecule has 3 rings (SSSR count). The Labute approximate surface area is 105 Å². The molecule has 0 aromatic carbocycles. The first-order valence-electron chi connectivity index (χ1n) is 5.28. The van der Waals surface area contributed by atoms with Crippen molar-refractivity contribution < 1.29 is 8.42 Å². The molecule has 2 atom stereocenters. The van der Waals surface area contributed by atoms with Crippen LogP contribution in [0.4, 0.5) is 5.82 Å². The fraction of sp³-hybridized carbons (Fsp3) is 0.400. The summed E-state index contributed by atoms with van der Waals surface area (Å²) < 4.78 is 23.2. The molecule has 90 valence electrons. The summed E-state index contributed by atoms with van der Waals surface area (Å²) in [5, 5.41) is 3.62. The van der Waals surface area contributed by atoms with Crippen molar-refractivity contribution in [2.45, 2.75) is 12.1 Å². The van der Waals surface area contributed by atoms with E-state index in [0.717, 1.165) is 0 Å². The van der Waals surface area contributed by atoms with Crippen LogP contribution in [0, 0.1) is 0 Å². The number of hydrogen-bond donors (Lipinski definition) is 1. The van der Waals surface area contributed by atoms with Gasteiger partial charge in [-0.1, -0.05) is 6.07 Å². The predicted molar refractivity (Wildman–Crippen MR) is 68.7 cm³/mol. The molecule has 0 bridgehead atoms. The molecular weight excluding hydrogens is 258 g/mol. The highest BCUT2D eigenvalue weighted by atomic mass is 32.2. The lowest BCUT2D eigenvalue weighted by Crippen LogP contribution is -2.37. The van der Waals surface area contributed by atoms with Crippen LogP contribution < -0.4 is 10.2 Å². The summed E-state index contributed by atoms with van der Waals surface area (Å²) in [5.41, 5.74) is 0. The van der Waals surface area contributed by atoms with Gasteiger partial charge in [0, 0.05) is 6.20 Å². The minimum Gasteiger partial charge on any atom is -0.356 e. The summed E-state index contributed by atoms with van der Waals surface area (Å²) in [4.78, 5) is 6.03. The highest BCUT2D eigenvalue weighted by Crippen LogP contribution is 2.27. The topological polar surface area (TPSA) is 62.3 Å². The van der Waals surface area contributed by atoms with Crippen LogP contribution in [0.2, 0.25) is 0 Å². The van der Waals surface area contributed by atoms with E-state index in [0.29, 0.717) is 10.9 Å². The van der Waals surface area contributed by atoms with Gasteiger partial charge < -0.3 is 5.32 Å². The molecule has 1 N–H and O–H groups in total. The average Bonchev–Trinajstić information content (AvgIpc) is 2.69. The number of anilines is 1. The molecule has 0 saturated carbocycles. The second-order valence-electron chi connectivity index (χ2n) is 4.26. The average molecular weight is 269 g/mol. The smallest absolute Gasteiger partial charge is 0.175 e. The molecule has 2 fully saturated rings. The quantitative estimate of drug-likeness (QED) is 0.721.